The van der Waals surface area contributed by atoms with Gasteiger partial charge in [-0.1, -0.05) is 30.3 Å². The van der Waals surface area contributed by atoms with Crippen LogP contribution in [0.5, 0.6) is 5.88 Å². The van der Waals surface area contributed by atoms with Crippen LogP contribution < -0.4 is 10.5 Å². The van der Waals surface area contributed by atoms with Crippen molar-refractivity contribution in [2.75, 3.05) is 6.61 Å². The molecular weight excluding hydrogens is 354 g/mol. The minimum Gasteiger partial charge on any atom is -0.417 e. The molecule has 2 aromatic rings. The first-order valence-corrected chi connectivity index (χ1v) is 8.85. The van der Waals surface area contributed by atoms with E-state index in [1.807, 2.05) is 30.3 Å². The Balaban J connectivity index is 1.62. The van der Waals surface area contributed by atoms with E-state index in [0.29, 0.717) is 31.4 Å². The fraction of sp³-hybridized carbons (Fsp3) is 0.400. The van der Waals surface area contributed by atoms with Gasteiger partial charge in [0.2, 0.25) is 11.8 Å². The molecule has 5 nitrogen and oxygen atoms in total. The monoisotopic (exact) mass is 374 g/mol. The molecule has 1 saturated carbocycles. The molecule has 0 radical (unpaired) electrons. The van der Waals surface area contributed by atoms with Crippen molar-refractivity contribution in [3.05, 3.63) is 59.8 Å². The second-order valence-corrected chi connectivity index (χ2v) is 7.22. The summed E-state index contributed by atoms with van der Waals surface area (Å²) in [6, 6.07) is 13.0. The van der Waals surface area contributed by atoms with Crippen LogP contribution in [0.25, 0.3) is 0 Å². The van der Waals surface area contributed by atoms with Crippen LogP contribution in [-0.4, -0.2) is 24.1 Å². The Hall–Kier alpha value is -2.54. The maximum Gasteiger partial charge on any atom is 0.388 e. The van der Waals surface area contributed by atoms with Crippen molar-refractivity contribution in [3.63, 3.8) is 0 Å². The number of halogens is 2. The van der Waals surface area contributed by atoms with E-state index >= 15 is 0 Å². The van der Waals surface area contributed by atoms with Crippen molar-refractivity contribution >= 4 is 5.91 Å². The number of benzene rings is 1. The van der Waals surface area contributed by atoms with Crippen LogP contribution >= 0.6 is 0 Å². The van der Waals surface area contributed by atoms with E-state index < -0.39 is 17.6 Å². The third-order valence-corrected chi connectivity index (χ3v) is 5.72. The van der Waals surface area contributed by atoms with E-state index in [1.54, 1.807) is 6.07 Å². The molecule has 1 aliphatic carbocycles. The van der Waals surface area contributed by atoms with Crippen LogP contribution in [0, 0.1) is 5.41 Å². The molecule has 3 atom stereocenters. The Morgan fingerprint density at radius 1 is 1.33 bits per heavy atom. The van der Waals surface area contributed by atoms with E-state index in [9.17, 15) is 13.6 Å². The number of ether oxygens (including phenoxy) is 2. The molecule has 1 aliphatic heterocycles. The van der Waals surface area contributed by atoms with Gasteiger partial charge in [-0.15, -0.1) is 0 Å². The number of amides is 1. The summed E-state index contributed by atoms with van der Waals surface area (Å²) < 4.78 is 35.3. The number of alkyl halides is 2. The minimum absolute atomic E-state index is 0.0379. The average molecular weight is 374 g/mol. The van der Waals surface area contributed by atoms with Gasteiger partial charge < -0.3 is 15.2 Å². The molecule has 2 heterocycles. The second kappa shape index (κ2) is 6.56. The van der Waals surface area contributed by atoms with Crippen LogP contribution in [0.1, 0.15) is 36.3 Å². The highest BCUT2D eigenvalue weighted by Gasteiger charge is 2.63. The number of pyridine rings is 1. The molecule has 2 aliphatic rings. The van der Waals surface area contributed by atoms with Gasteiger partial charge in [0.15, 0.2) is 0 Å². The topological polar surface area (TPSA) is 74.4 Å². The zero-order valence-electron chi connectivity index (χ0n) is 14.6. The van der Waals surface area contributed by atoms with Crippen molar-refractivity contribution < 1.29 is 23.0 Å². The number of aromatic nitrogens is 1. The van der Waals surface area contributed by atoms with Crippen molar-refractivity contribution in [3.8, 4) is 5.88 Å². The van der Waals surface area contributed by atoms with E-state index in [2.05, 4.69) is 9.72 Å². The molecule has 27 heavy (non-hydrogen) atoms. The maximum atomic E-state index is 12.5. The van der Waals surface area contributed by atoms with Gasteiger partial charge in [-0.05, 0) is 36.0 Å². The first-order valence-electron chi connectivity index (χ1n) is 8.85. The lowest BCUT2D eigenvalue weighted by Gasteiger charge is -2.44. The fourth-order valence-electron chi connectivity index (χ4n) is 4.16. The molecule has 142 valence electrons. The van der Waals surface area contributed by atoms with Crippen molar-refractivity contribution in [1.29, 1.82) is 0 Å². The molecule has 4 rings (SSSR count). The summed E-state index contributed by atoms with van der Waals surface area (Å²) in [4.78, 5) is 16.2. The van der Waals surface area contributed by atoms with Crippen molar-refractivity contribution in [2.24, 2.45) is 11.1 Å². The predicted octanol–water partition coefficient (Wildman–Crippen LogP) is 3.35. The lowest BCUT2D eigenvalue weighted by molar-refractivity contribution is -0.172. The first-order chi connectivity index (χ1) is 13.0. The summed E-state index contributed by atoms with van der Waals surface area (Å²) in [6.07, 6.45) is 3.16. The fourth-order valence-corrected chi connectivity index (χ4v) is 4.16. The van der Waals surface area contributed by atoms with Gasteiger partial charge in [-0.25, -0.2) is 4.98 Å². The standard InChI is InChI=1S/C20H20F2N2O3/c21-18(22)27-16-10-14(6-8-24-16)20(7-9-26-20)12-19(17(23)25)11-15(19)13-4-2-1-3-5-13/h1-6,8,10,15,18H,7,9,11-12H2,(H2,23,25). The Morgan fingerprint density at radius 2 is 2.07 bits per heavy atom. The zero-order chi connectivity index (χ0) is 19.1. The number of primary amides is 1. The summed E-state index contributed by atoms with van der Waals surface area (Å²) in [5, 5.41) is 0. The number of carbonyl (C=O) groups excluding carboxylic acids is 1. The van der Waals surface area contributed by atoms with Gasteiger partial charge in [0.1, 0.15) is 0 Å². The first kappa shape index (κ1) is 17.9. The molecule has 7 heteroatoms. The molecule has 0 spiro atoms. The Bertz CT molecular complexity index is 842. The minimum atomic E-state index is -2.95. The highest BCUT2D eigenvalue weighted by atomic mass is 19.3. The van der Waals surface area contributed by atoms with Crippen LogP contribution in [0.15, 0.2) is 48.7 Å². The van der Waals surface area contributed by atoms with Gasteiger partial charge in [-0.2, -0.15) is 8.78 Å². The van der Waals surface area contributed by atoms with Crippen LogP contribution in [0.4, 0.5) is 8.78 Å². The Morgan fingerprint density at radius 3 is 2.67 bits per heavy atom. The average Bonchev–Trinajstić information content (AvgIpc) is 3.34. The van der Waals surface area contributed by atoms with Gasteiger partial charge in [-0.3, -0.25) is 4.79 Å². The summed E-state index contributed by atoms with van der Waals surface area (Å²) >= 11 is 0. The molecular formula is C20H20F2N2O3. The summed E-state index contributed by atoms with van der Waals surface area (Å²) in [5.41, 5.74) is 6.11. The number of nitrogens with zero attached hydrogens (tertiary/aromatic N) is 1. The molecule has 1 aromatic heterocycles. The quantitative estimate of drug-likeness (QED) is 0.807. The third-order valence-electron chi connectivity index (χ3n) is 5.72. The number of rotatable bonds is 7. The van der Waals surface area contributed by atoms with Crippen LogP contribution in [0.3, 0.4) is 0 Å². The van der Waals surface area contributed by atoms with Gasteiger partial charge >= 0.3 is 6.61 Å². The highest BCUT2D eigenvalue weighted by Crippen LogP contribution is 2.65. The maximum absolute atomic E-state index is 12.5. The summed E-state index contributed by atoms with van der Waals surface area (Å²) in [6.45, 7) is -2.41. The van der Waals surface area contributed by atoms with Crippen molar-refractivity contribution in [2.45, 2.75) is 37.4 Å². The number of hydrogen-bond acceptors (Lipinski definition) is 4. The van der Waals surface area contributed by atoms with Gasteiger partial charge in [0.25, 0.3) is 0 Å². The van der Waals surface area contributed by atoms with E-state index in [-0.39, 0.29) is 17.7 Å². The Labute approximate surface area is 155 Å². The Kier molecular flexibility index (Phi) is 4.34. The van der Waals surface area contributed by atoms with Crippen molar-refractivity contribution in [1.82, 2.24) is 4.98 Å². The molecule has 0 bridgehead atoms. The summed E-state index contributed by atoms with van der Waals surface area (Å²) in [7, 11) is 0. The van der Waals surface area contributed by atoms with E-state index in [0.717, 1.165) is 5.56 Å². The molecule has 1 amide bonds. The smallest absolute Gasteiger partial charge is 0.388 e. The predicted molar refractivity (Wildman–Crippen MR) is 93.2 cm³/mol. The lowest BCUT2D eigenvalue weighted by atomic mass is 9.76. The largest absolute Gasteiger partial charge is 0.417 e. The molecule has 1 aromatic carbocycles. The SMILES string of the molecule is NC(=O)C1(CC2(c3ccnc(OC(F)F)c3)CCO2)CC1c1ccccc1. The van der Waals surface area contributed by atoms with Gasteiger partial charge in [0.05, 0.1) is 17.6 Å². The highest BCUT2D eigenvalue weighted by molar-refractivity contribution is 5.86. The second-order valence-electron chi connectivity index (χ2n) is 7.22. The van der Waals surface area contributed by atoms with E-state index in [4.69, 9.17) is 10.5 Å². The number of carbonyl (C=O) groups is 1. The molecule has 2 fully saturated rings. The number of nitrogens with two attached hydrogens (primary N) is 1. The van der Waals surface area contributed by atoms with Gasteiger partial charge in [0, 0.05) is 18.7 Å². The van der Waals surface area contributed by atoms with Crippen LogP contribution in [-0.2, 0) is 15.1 Å². The molecule has 3 unspecified atom stereocenters. The summed E-state index contributed by atoms with van der Waals surface area (Å²) in [5.74, 6) is -0.485. The number of hydrogen-bond donors (Lipinski definition) is 1. The lowest BCUT2D eigenvalue weighted by Crippen LogP contribution is -2.45. The normalized spacial score (nSPS) is 29.2. The molecule has 1 saturated heterocycles. The van der Waals surface area contributed by atoms with E-state index in [1.165, 1.54) is 12.3 Å². The van der Waals surface area contributed by atoms with Crippen LogP contribution in [0.2, 0.25) is 0 Å². The third kappa shape index (κ3) is 3.16. The zero-order valence-corrected chi connectivity index (χ0v) is 14.6. The molecule has 2 N–H and O–H groups in total.